The molecule has 0 aromatic carbocycles. The number of allylic oxidation sites excluding steroid dienone is 1. The second-order valence-electron chi connectivity index (χ2n) is 5.75. The highest BCUT2D eigenvalue weighted by atomic mass is 32.1. The van der Waals surface area contributed by atoms with E-state index in [9.17, 15) is 4.79 Å². The highest BCUT2D eigenvalue weighted by Gasteiger charge is 2.11. The van der Waals surface area contributed by atoms with Crippen LogP contribution in [0.25, 0.3) is 0 Å². The van der Waals surface area contributed by atoms with E-state index in [1.54, 1.807) is 11.3 Å². The average Bonchev–Trinajstić information content (AvgIpc) is 3.01. The van der Waals surface area contributed by atoms with Crippen molar-refractivity contribution in [3.8, 4) is 0 Å². The molecule has 0 unspecified atom stereocenters. The normalized spacial score (nSPS) is 14.7. The van der Waals surface area contributed by atoms with Crippen molar-refractivity contribution in [1.82, 2.24) is 10.2 Å². The van der Waals surface area contributed by atoms with Crippen molar-refractivity contribution >= 4 is 17.2 Å². The van der Waals surface area contributed by atoms with Gasteiger partial charge in [-0.2, -0.15) is 0 Å². The highest BCUT2D eigenvalue weighted by Crippen LogP contribution is 2.19. The Hall–Kier alpha value is -1.39. The predicted octanol–water partition coefficient (Wildman–Crippen LogP) is 3.74. The number of rotatable bonds is 9. The largest absolute Gasteiger partial charge is 0.355 e. The molecule has 22 heavy (non-hydrogen) atoms. The van der Waals surface area contributed by atoms with Crippen LogP contribution < -0.4 is 5.32 Å². The van der Waals surface area contributed by atoms with Crippen molar-refractivity contribution in [2.75, 3.05) is 19.6 Å². The molecular weight excluding hydrogens is 292 g/mol. The quantitative estimate of drug-likeness (QED) is 0.703. The van der Waals surface area contributed by atoms with Gasteiger partial charge in [0.05, 0.1) is 6.54 Å². The first-order valence-electron chi connectivity index (χ1n) is 8.08. The lowest BCUT2D eigenvalue weighted by Gasteiger charge is -2.19. The third-order valence-corrected chi connectivity index (χ3v) is 4.73. The highest BCUT2D eigenvalue weighted by molar-refractivity contribution is 7.09. The number of amides is 1. The second kappa shape index (κ2) is 9.59. The summed E-state index contributed by atoms with van der Waals surface area (Å²) >= 11 is 1.73. The van der Waals surface area contributed by atoms with Crippen molar-refractivity contribution in [3.05, 3.63) is 46.7 Å². The maximum atomic E-state index is 12.1. The number of carbonyl (C=O) groups excluding carboxylic acids is 1. The minimum Gasteiger partial charge on any atom is -0.355 e. The number of hydrogen-bond donors (Lipinski definition) is 1. The molecular formula is C18H26N2OS. The molecule has 0 spiro atoms. The summed E-state index contributed by atoms with van der Waals surface area (Å²) in [7, 11) is 0. The first-order chi connectivity index (χ1) is 10.8. The second-order valence-corrected chi connectivity index (χ2v) is 6.78. The molecule has 120 valence electrons. The van der Waals surface area contributed by atoms with Crippen molar-refractivity contribution in [2.45, 2.75) is 38.6 Å². The molecule has 1 aliphatic carbocycles. The first kappa shape index (κ1) is 17.0. The van der Waals surface area contributed by atoms with Crippen LogP contribution in [0.1, 0.15) is 37.0 Å². The molecule has 1 aliphatic rings. The summed E-state index contributed by atoms with van der Waals surface area (Å²) in [5.41, 5.74) is 1.51. The van der Waals surface area contributed by atoms with Crippen molar-refractivity contribution < 1.29 is 4.79 Å². The molecule has 1 N–H and O–H groups in total. The Bertz CT molecular complexity index is 493. The molecule has 0 bridgehead atoms. The molecule has 0 saturated carbocycles. The van der Waals surface area contributed by atoms with E-state index < -0.39 is 0 Å². The monoisotopic (exact) mass is 318 g/mol. The smallest absolute Gasteiger partial charge is 0.234 e. The summed E-state index contributed by atoms with van der Waals surface area (Å²) in [6.07, 6.45) is 10.2. The summed E-state index contributed by atoms with van der Waals surface area (Å²) < 4.78 is 0. The third kappa shape index (κ3) is 6.16. The fraction of sp³-hybridized carbons (Fsp3) is 0.500. The van der Waals surface area contributed by atoms with E-state index in [1.165, 1.54) is 36.1 Å². The Morgan fingerprint density at radius 3 is 3.05 bits per heavy atom. The van der Waals surface area contributed by atoms with Crippen LogP contribution in [0, 0.1) is 0 Å². The van der Waals surface area contributed by atoms with Gasteiger partial charge in [0.25, 0.3) is 0 Å². The Kier molecular flexibility index (Phi) is 7.40. The van der Waals surface area contributed by atoms with E-state index >= 15 is 0 Å². The Morgan fingerprint density at radius 1 is 1.45 bits per heavy atom. The van der Waals surface area contributed by atoms with Gasteiger partial charge in [-0.05, 0) is 43.6 Å². The van der Waals surface area contributed by atoms with Gasteiger partial charge in [0.2, 0.25) is 5.91 Å². The molecule has 0 saturated heterocycles. The number of thiophene rings is 1. The minimum atomic E-state index is 0.106. The fourth-order valence-corrected chi connectivity index (χ4v) is 3.49. The van der Waals surface area contributed by atoms with Crippen molar-refractivity contribution in [1.29, 1.82) is 0 Å². The van der Waals surface area contributed by atoms with E-state index in [4.69, 9.17) is 0 Å². The molecule has 1 heterocycles. The molecule has 3 nitrogen and oxygen atoms in total. The lowest BCUT2D eigenvalue weighted by atomic mass is 9.97. The van der Waals surface area contributed by atoms with Crippen LogP contribution in [0.4, 0.5) is 0 Å². The maximum Gasteiger partial charge on any atom is 0.234 e. The summed E-state index contributed by atoms with van der Waals surface area (Å²) in [6.45, 7) is 6.51. The molecule has 0 atom stereocenters. The minimum absolute atomic E-state index is 0.106. The summed E-state index contributed by atoms with van der Waals surface area (Å²) in [5.74, 6) is 0.106. The van der Waals surface area contributed by atoms with Crippen molar-refractivity contribution in [2.24, 2.45) is 0 Å². The molecule has 2 rings (SSSR count). The zero-order valence-electron chi connectivity index (χ0n) is 13.2. The summed E-state index contributed by atoms with van der Waals surface area (Å²) in [6, 6.07) is 4.15. The topological polar surface area (TPSA) is 32.3 Å². The van der Waals surface area contributed by atoms with E-state index in [-0.39, 0.29) is 5.91 Å². The van der Waals surface area contributed by atoms with Gasteiger partial charge < -0.3 is 5.32 Å². The first-order valence-corrected chi connectivity index (χ1v) is 8.96. The molecule has 0 aliphatic heterocycles. The number of carbonyl (C=O) groups is 1. The Balaban J connectivity index is 1.70. The van der Waals surface area contributed by atoms with Crippen LogP contribution in [0.15, 0.2) is 41.8 Å². The van der Waals surface area contributed by atoms with Crippen LogP contribution in [0.3, 0.4) is 0 Å². The lowest BCUT2D eigenvalue weighted by Crippen LogP contribution is -2.37. The molecule has 1 aromatic heterocycles. The van der Waals surface area contributed by atoms with Crippen LogP contribution in [-0.4, -0.2) is 30.4 Å². The molecule has 1 aromatic rings. The summed E-state index contributed by atoms with van der Waals surface area (Å²) in [4.78, 5) is 15.5. The van der Waals surface area contributed by atoms with E-state index in [2.05, 4.69) is 34.3 Å². The van der Waals surface area contributed by atoms with Crippen molar-refractivity contribution in [3.63, 3.8) is 0 Å². The van der Waals surface area contributed by atoms with Gasteiger partial charge in [-0.25, -0.2) is 0 Å². The number of hydrogen-bond acceptors (Lipinski definition) is 3. The third-order valence-electron chi connectivity index (χ3n) is 3.87. The van der Waals surface area contributed by atoms with E-state index in [1.807, 2.05) is 12.1 Å². The maximum absolute atomic E-state index is 12.1. The molecule has 0 radical (unpaired) electrons. The fourth-order valence-electron chi connectivity index (χ4n) is 2.74. The zero-order chi connectivity index (χ0) is 15.6. The van der Waals surface area contributed by atoms with E-state index in [0.717, 1.165) is 26.1 Å². The zero-order valence-corrected chi connectivity index (χ0v) is 14.0. The molecule has 1 amide bonds. The predicted molar refractivity (Wildman–Crippen MR) is 94.0 cm³/mol. The molecule has 0 fully saturated rings. The van der Waals surface area contributed by atoms with Gasteiger partial charge in [0, 0.05) is 24.5 Å². The van der Waals surface area contributed by atoms with Crippen LogP contribution in [-0.2, 0) is 11.3 Å². The van der Waals surface area contributed by atoms with Gasteiger partial charge in [-0.15, -0.1) is 17.9 Å². The van der Waals surface area contributed by atoms with Gasteiger partial charge in [-0.3, -0.25) is 9.69 Å². The number of nitrogens with one attached hydrogen (secondary N) is 1. The SMILES string of the molecule is C=CCN(CC(=O)NCCC1=CCCCC1)Cc1cccs1. The lowest BCUT2D eigenvalue weighted by molar-refractivity contribution is -0.122. The van der Waals surface area contributed by atoms with Gasteiger partial charge in [-0.1, -0.05) is 23.8 Å². The average molecular weight is 318 g/mol. The molecule has 4 heteroatoms. The van der Waals surface area contributed by atoms with Crippen LogP contribution >= 0.6 is 11.3 Å². The van der Waals surface area contributed by atoms with Crippen LogP contribution in [0.5, 0.6) is 0 Å². The van der Waals surface area contributed by atoms with Crippen LogP contribution in [0.2, 0.25) is 0 Å². The van der Waals surface area contributed by atoms with Gasteiger partial charge in [0.1, 0.15) is 0 Å². The standard InChI is InChI=1S/C18H26N2OS/c1-2-12-20(14-17-9-6-13-22-17)15-18(21)19-11-10-16-7-4-3-5-8-16/h2,6-7,9,13H,1,3-5,8,10-12,14-15H2,(H,19,21). The Morgan fingerprint density at radius 2 is 2.36 bits per heavy atom. The Labute approximate surface area is 137 Å². The van der Waals surface area contributed by atoms with Gasteiger partial charge in [0.15, 0.2) is 0 Å². The van der Waals surface area contributed by atoms with Gasteiger partial charge >= 0.3 is 0 Å². The summed E-state index contributed by atoms with van der Waals surface area (Å²) in [5, 5.41) is 5.11. The number of nitrogens with zero attached hydrogens (tertiary/aromatic N) is 1. The van der Waals surface area contributed by atoms with E-state index in [0.29, 0.717) is 6.54 Å².